The van der Waals surface area contributed by atoms with E-state index >= 15 is 0 Å². The van der Waals surface area contributed by atoms with E-state index in [0.29, 0.717) is 12.4 Å². The largest absolute Gasteiger partial charge is 0.347 e. The summed E-state index contributed by atoms with van der Waals surface area (Å²) in [6, 6.07) is 13.8. The number of benzene rings is 1. The summed E-state index contributed by atoms with van der Waals surface area (Å²) in [5.74, 6) is 0.665. The van der Waals surface area contributed by atoms with Crippen LogP contribution in [0, 0.1) is 6.92 Å². The van der Waals surface area contributed by atoms with E-state index in [-0.39, 0.29) is 11.9 Å². The fourth-order valence-electron chi connectivity index (χ4n) is 3.10. The van der Waals surface area contributed by atoms with Gasteiger partial charge in [0.05, 0.1) is 23.6 Å². The van der Waals surface area contributed by atoms with Crippen LogP contribution in [-0.4, -0.2) is 33.4 Å². The maximum atomic E-state index is 12.2. The van der Waals surface area contributed by atoms with Crippen molar-refractivity contribution in [1.82, 2.24) is 31.1 Å². The van der Waals surface area contributed by atoms with Gasteiger partial charge >= 0.3 is 0 Å². The van der Waals surface area contributed by atoms with Crippen LogP contribution in [0.2, 0.25) is 0 Å². The molecule has 4 rings (SSSR count). The number of carbonyl (C=O) groups excluding carboxylic acids is 1. The van der Waals surface area contributed by atoms with E-state index < -0.39 is 0 Å². The SMILES string of the molecule is Cc1ccc(-c2nc(CNC(=O)C3CCNN3)[nH]c2-c2ccccn2)cc1. The Balaban J connectivity index is 1.61. The summed E-state index contributed by atoms with van der Waals surface area (Å²) in [5, 5.41) is 2.94. The molecule has 1 atom stereocenters. The Morgan fingerprint density at radius 1 is 1.22 bits per heavy atom. The highest BCUT2D eigenvalue weighted by Gasteiger charge is 2.22. The minimum absolute atomic E-state index is 0.0346. The van der Waals surface area contributed by atoms with Crippen LogP contribution in [-0.2, 0) is 11.3 Å². The number of carbonyl (C=O) groups is 1. The molecule has 27 heavy (non-hydrogen) atoms. The number of hydrogen-bond donors (Lipinski definition) is 4. The van der Waals surface area contributed by atoms with Gasteiger partial charge in [-0.05, 0) is 25.5 Å². The molecule has 3 heterocycles. The zero-order valence-electron chi connectivity index (χ0n) is 15.1. The first-order valence-corrected chi connectivity index (χ1v) is 9.04. The van der Waals surface area contributed by atoms with Gasteiger partial charge in [0.2, 0.25) is 5.91 Å². The molecule has 1 aliphatic heterocycles. The van der Waals surface area contributed by atoms with Gasteiger partial charge in [0, 0.05) is 18.3 Å². The monoisotopic (exact) mass is 362 g/mol. The molecule has 7 nitrogen and oxygen atoms in total. The molecule has 0 radical (unpaired) electrons. The number of pyridine rings is 1. The molecule has 4 N–H and O–H groups in total. The Kier molecular flexibility index (Phi) is 4.95. The number of aromatic amines is 1. The first-order chi connectivity index (χ1) is 13.2. The lowest BCUT2D eigenvalue weighted by Crippen LogP contribution is -2.42. The van der Waals surface area contributed by atoms with Crippen LogP contribution in [0.1, 0.15) is 17.8 Å². The predicted molar refractivity (Wildman–Crippen MR) is 103 cm³/mol. The number of rotatable bonds is 5. The molecule has 0 aliphatic carbocycles. The highest BCUT2D eigenvalue weighted by molar-refractivity contribution is 5.82. The molecule has 1 amide bonds. The molecule has 7 heteroatoms. The quantitative estimate of drug-likeness (QED) is 0.556. The topological polar surface area (TPSA) is 94.7 Å². The summed E-state index contributed by atoms with van der Waals surface area (Å²) in [6.07, 6.45) is 2.53. The molecule has 138 valence electrons. The van der Waals surface area contributed by atoms with E-state index in [1.807, 2.05) is 18.2 Å². The number of amides is 1. The van der Waals surface area contributed by atoms with Crippen molar-refractivity contribution in [2.75, 3.05) is 6.54 Å². The van der Waals surface area contributed by atoms with Crippen LogP contribution in [0.4, 0.5) is 0 Å². The number of H-pyrrole nitrogens is 1. The van der Waals surface area contributed by atoms with Gasteiger partial charge in [-0.3, -0.25) is 15.2 Å². The third kappa shape index (κ3) is 3.89. The highest BCUT2D eigenvalue weighted by atomic mass is 16.2. The van der Waals surface area contributed by atoms with Crippen molar-refractivity contribution < 1.29 is 4.79 Å². The van der Waals surface area contributed by atoms with Crippen molar-refractivity contribution in [3.8, 4) is 22.6 Å². The molecule has 0 spiro atoms. The second-order valence-electron chi connectivity index (χ2n) is 6.62. The van der Waals surface area contributed by atoms with E-state index in [4.69, 9.17) is 4.98 Å². The van der Waals surface area contributed by atoms with Crippen LogP contribution in [0.3, 0.4) is 0 Å². The number of hydrazine groups is 1. The van der Waals surface area contributed by atoms with Crippen molar-refractivity contribution in [3.63, 3.8) is 0 Å². The van der Waals surface area contributed by atoms with Crippen LogP contribution < -0.4 is 16.2 Å². The van der Waals surface area contributed by atoms with Crippen LogP contribution in [0.5, 0.6) is 0 Å². The molecule has 1 saturated heterocycles. The average molecular weight is 362 g/mol. The van der Waals surface area contributed by atoms with Crippen LogP contribution in [0.15, 0.2) is 48.7 Å². The fourth-order valence-corrected chi connectivity index (χ4v) is 3.10. The lowest BCUT2D eigenvalue weighted by Gasteiger charge is -2.09. The summed E-state index contributed by atoms with van der Waals surface area (Å²) in [6.45, 7) is 3.18. The number of imidazole rings is 1. The van der Waals surface area contributed by atoms with Gasteiger partial charge in [-0.15, -0.1) is 0 Å². The lowest BCUT2D eigenvalue weighted by atomic mass is 10.1. The number of aryl methyl sites for hydroxylation is 1. The number of aromatic nitrogens is 3. The third-order valence-electron chi connectivity index (χ3n) is 4.58. The summed E-state index contributed by atoms with van der Waals surface area (Å²) in [4.78, 5) is 24.7. The zero-order valence-corrected chi connectivity index (χ0v) is 15.1. The Bertz CT molecular complexity index is 913. The summed E-state index contributed by atoms with van der Waals surface area (Å²) in [5.41, 5.74) is 10.6. The van der Waals surface area contributed by atoms with Gasteiger partial charge in [-0.25, -0.2) is 10.4 Å². The minimum Gasteiger partial charge on any atom is -0.347 e. The molecule has 1 aromatic carbocycles. The molecule has 1 fully saturated rings. The zero-order chi connectivity index (χ0) is 18.6. The smallest absolute Gasteiger partial charge is 0.238 e. The van der Waals surface area contributed by atoms with E-state index in [1.54, 1.807) is 6.20 Å². The molecule has 1 aliphatic rings. The maximum Gasteiger partial charge on any atom is 0.238 e. The van der Waals surface area contributed by atoms with Crippen LogP contribution >= 0.6 is 0 Å². The number of hydrogen-bond acceptors (Lipinski definition) is 5. The first-order valence-electron chi connectivity index (χ1n) is 9.04. The number of nitrogens with zero attached hydrogens (tertiary/aromatic N) is 2. The van der Waals surface area contributed by atoms with Crippen molar-refractivity contribution in [2.45, 2.75) is 25.9 Å². The van der Waals surface area contributed by atoms with Gasteiger partial charge in [-0.1, -0.05) is 35.9 Å². The van der Waals surface area contributed by atoms with Crippen LogP contribution in [0.25, 0.3) is 22.6 Å². The Hall–Kier alpha value is -3.03. The van der Waals surface area contributed by atoms with Gasteiger partial charge in [0.25, 0.3) is 0 Å². The first kappa shape index (κ1) is 17.4. The molecule has 0 bridgehead atoms. The van der Waals surface area contributed by atoms with Crippen molar-refractivity contribution >= 4 is 5.91 Å². The second-order valence-corrected chi connectivity index (χ2v) is 6.62. The molecule has 2 aromatic heterocycles. The van der Waals surface area contributed by atoms with Gasteiger partial charge in [0.1, 0.15) is 11.9 Å². The average Bonchev–Trinajstić information content (AvgIpc) is 3.38. The standard InChI is InChI=1S/C20H22N6O/c1-13-5-7-14(8-6-13)18-19(15-4-2-3-10-21-15)25-17(24-18)12-22-20(27)16-9-11-23-26-16/h2-8,10,16,23,26H,9,11-12H2,1H3,(H,22,27)(H,24,25). The highest BCUT2D eigenvalue weighted by Crippen LogP contribution is 2.29. The Morgan fingerprint density at radius 2 is 2.07 bits per heavy atom. The van der Waals surface area contributed by atoms with Crippen molar-refractivity contribution in [3.05, 3.63) is 60.0 Å². The van der Waals surface area contributed by atoms with Gasteiger partial charge in [0.15, 0.2) is 0 Å². The van der Waals surface area contributed by atoms with Gasteiger partial charge < -0.3 is 10.3 Å². The Morgan fingerprint density at radius 3 is 2.78 bits per heavy atom. The number of nitrogens with one attached hydrogen (secondary N) is 4. The van der Waals surface area contributed by atoms with Crippen molar-refractivity contribution in [2.24, 2.45) is 0 Å². The van der Waals surface area contributed by atoms with E-state index in [2.05, 4.69) is 57.3 Å². The molecular weight excluding hydrogens is 340 g/mol. The summed E-state index contributed by atoms with van der Waals surface area (Å²) in [7, 11) is 0. The Labute approximate surface area is 157 Å². The minimum atomic E-state index is -0.202. The van der Waals surface area contributed by atoms with E-state index in [9.17, 15) is 4.79 Å². The molecular formula is C20H22N6O. The summed E-state index contributed by atoms with van der Waals surface area (Å²) >= 11 is 0. The van der Waals surface area contributed by atoms with Crippen molar-refractivity contribution in [1.29, 1.82) is 0 Å². The lowest BCUT2D eigenvalue weighted by molar-refractivity contribution is -0.123. The third-order valence-corrected chi connectivity index (χ3v) is 4.58. The van der Waals surface area contributed by atoms with Gasteiger partial charge in [-0.2, -0.15) is 0 Å². The molecule has 1 unspecified atom stereocenters. The molecule has 0 saturated carbocycles. The summed E-state index contributed by atoms with van der Waals surface area (Å²) < 4.78 is 0. The predicted octanol–water partition coefficient (Wildman–Crippen LogP) is 1.93. The normalized spacial score (nSPS) is 16.4. The van der Waals surface area contributed by atoms with E-state index in [0.717, 1.165) is 35.6 Å². The maximum absolute atomic E-state index is 12.2. The molecule has 3 aromatic rings. The van der Waals surface area contributed by atoms with E-state index in [1.165, 1.54) is 5.56 Å². The fraction of sp³-hybridized carbons (Fsp3) is 0.250. The second kappa shape index (κ2) is 7.69.